The standard InChI is InChI=1S/C7H5N3O2S/c11-6(12)5-3-9-10(4-5)7-8-1-2-13-7/h1-4H,(H,11,12). The molecule has 6 heteroatoms. The number of aromatic carboxylic acids is 1. The molecule has 0 radical (unpaired) electrons. The zero-order chi connectivity index (χ0) is 9.26. The highest BCUT2D eigenvalue weighted by molar-refractivity contribution is 7.12. The SMILES string of the molecule is O=C(O)c1cnn(-c2nccs2)c1. The highest BCUT2D eigenvalue weighted by Gasteiger charge is 2.07. The van der Waals surface area contributed by atoms with E-state index in [0.29, 0.717) is 5.13 Å². The fourth-order valence-corrected chi connectivity index (χ4v) is 1.44. The Hall–Kier alpha value is -1.69. The van der Waals surface area contributed by atoms with Gasteiger partial charge in [0.1, 0.15) is 0 Å². The minimum Gasteiger partial charge on any atom is -0.478 e. The van der Waals surface area contributed by atoms with Crippen LogP contribution in [0.5, 0.6) is 0 Å². The van der Waals surface area contributed by atoms with Crippen molar-refractivity contribution in [1.82, 2.24) is 14.8 Å². The summed E-state index contributed by atoms with van der Waals surface area (Å²) in [4.78, 5) is 14.5. The van der Waals surface area contributed by atoms with Gasteiger partial charge >= 0.3 is 5.97 Å². The van der Waals surface area contributed by atoms with Crippen LogP contribution in [0.2, 0.25) is 0 Å². The van der Waals surface area contributed by atoms with Gasteiger partial charge in [0.15, 0.2) is 0 Å². The summed E-state index contributed by atoms with van der Waals surface area (Å²) in [5.74, 6) is -0.984. The van der Waals surface area contributed by atoms with E-state index in [9.17, 15) is 4.79 Å². The lowest BCUT2D eigenvalue weighted by Crippen LogP contribution is -1.94. The molecule has 2 aromatic rings. The molecule has 0 fully saturated rings. The van der Waals surface area contributed by atoms with Gasteiger partial charge in [-0.1, -0.05) is 0 Å². The van der Waals surface area contributed by atoms with Crippen molar-refractivity contribution in [3.8, 4) is 5.13 Å². The van der Waals surface area contributed by atoms with Crippen LogP contribution in [0.25, 0.3) is 5.13 Å². The molecule has 0 aliphatic rings. The van der Waals surface area contributed by atoms with Crippen molar-refractivity contribution in [3.05, 3.63) is 29.5 Å². The molecule has 66 valence electrons. The van der Waals surface area contributed by atoms with Crippen LogP contribution in [0.15, 0.2) is 24.0 Å². The summed E-state index contributed by atoms with van der Waals surface area (Å²) < 4.78 is 1.44. The van der Waals surface area contributed by atoms with Crippen LogP contribution in [0.3, 0.4) is 0 Å². The average molecular weight is 195 g/mol. The van der Waals surface area contributed by atoms with Crippen LogP contribution in [0.4, 0.5) is 0 Å². The number of aromatic nitrogens is 3. The Morgan fingerprint density at radius 1 is 1.62 bits per heavy atom. The number of rotatable bonds is 2. The highest BCUT2D eigenvalue weighted by atomic mass is 32.1. The van der Waals surface area contributed by atoms with Crippen molar-refractivity contribution in [3.63, 3.8) is 0 Å². The van der Waals surface area contributed by atoms with E-state index in [0.717, 1.165) is 0 Å². The molecule has 5 nitrogen and oxygen atoms in total. The number of carboxylic acids is 1. The van der Waals surface area contributed by atoms with Gasteiger partial charge in [-0.15, -0.1) is 11.3 Å². The van der Waals surface area contributed by atoms with E-state index in [1.807, 2.05) is 0 Å². The summed E-state index contributed by atoms with van der Waals surface area (Å²) in [6, 6.07) is 0. The second kappa shape index (κ2) is 2.98. The van der Waals surface area contributed by atoms with Crippen molar-refractivity contribution in [2.45, 2.75) is 0 Å². The third kappa shape index (κ3) is 1.43. The average Bonchev–Trinajstić information content (AvgIpc) is 2.75. The number of hydrogen-bond donors (Lipinski definition) is 1. The molecule has 13 heavy (non-hydrogen) atoms. The quantitative estimate of drug-likeness (QED) is 0.777. The van der Waals surface area contributed by atoms with Crippen LogP contribution in [-0.4, -0.2) is 25.8 Å². The van der Waals surface area contributed by atoms with Gasteiger partial charge < -0.3 is 5.11 Å². The smallest absolute Gasteiger partial charge is 0.338 e. The fraction of sp³-hybridized carbons (Fsp3) is 0. The monoisotopic (exact) mass is 195 g/mol. The zero-order valence-electron chi connectivity index (χ0n) is 6.41. The van der Waals surface area contributed by atoms with Crippen LogP contribution in [0.1, 0.15) is 10.4 Å². The largest absolute Gasteiger partial charge is 0.478 e. The Balaban J connectivity index is 2.39. The molecule has 0 spiro atoms. The number of thiazole rings is 1. The number of hydrogen-bond acceptors (Lipinski definition) is 4. The first-order valence-electron chi connectivity index (χ1n) is 3.45. The van der Waals surface area contributed by atoms with Gasteiger partial charge in [0.2, 0.25) is 5.13 Å². The molecular formula is C7H5N3O2S. The Morgan fingerprint density at radius 2 is 2.46 bits per heavy atom. The molecule has 0 saturated carbocycles. The predicted molar refractivity (Wildman–Crippen MR) is 46.2 cm³/mol. The summed E-state index contributed by atoms with van der Waals surface area (Å²) in [5, 5.41) is 15.0. The summed E-state index contributed by atoms with van der Waals surface area (Å²) in [6.07, 6.45) is 4.37. The van der Waals surface area contributed by atoms with Gasteiger partial charge in [-0.2, -0.15) is 5.10 Å². The van der Waals surface area contributed by atoms with Gasteiger partial charge in [0.05, 0.1) is 11.8 Å². The minimum atomic E-state index is -0.984. The minimum absolute atomic E-state index is 0.162. The molecule has 0 amide bonds. The van der Waals surface area contributed by atoms with Gasteiger partial charge in [-0.05, 0) is 0 Å². The molecule has 2 rings (SSSR count). The lowest BCUT2D eigenvalue weighted by molar-refractivity contribution is 0.0697. The molecule has 0 aliphatic carbocycles. The molecule has 2 heterocycles. The maximum atomic E-state index is 10.5. The van der Waals surface area contributed by atoms with Crippen molar-refractivity contribution in [1.29, 1.82) is 0 Å². The summed E-state index contributed by atoms with van der Waals surface area (Å²) >= 11 is 1.40. The Bertz CT molecular complexity index is 421. The number of carbonyl (C=O) groups is 1. The molecule has 2 aromatic heterocycles. The lowest BCUT2D eigenvalue weighted by atomic mass is 10.4. The van der Waals surface area contributed by atoms with Gasteiger partial charge in [-0.3, -0.25) is 0 Å². The summed E-state index contributed by atoms with van der Waals surface area (Å²) in [7, 11) is 0. The molecule has 0 bridgehead atoms. The molecule has 0 aromatic carbocycles. The maximum Gasteiger partial charge on any atom is 0.338 e. The number of nitrogens with zero attached hydrogens (tertiary/aromatic N) is 3. The van der Waals surface area contributed by atoms with E-state index in [1.54, 1.807) is 11.6 Å². The fourth-order valence-electron chi connectivity index (χ4n) is 0.867. The predicted octanol–water partition coefficient (Wildman–Crippen LogP) is 1.03. The lowest BCUT2D eigenvalue weighted by Gasteiger charge is -1.90. The highest BCUT2D eigenvalue weighted by Crippen LogP contribution is 2.10. The molecule has 1 N–H and O–H groups in total. The summed E-state index contributed by atoms with van der Waals surface area (Å²) in [6.45, 7) is 0. The van der Waals surface area contributed by atoms with Gasteiger partial charge in [-0.25, -0.2) is 14.5 Å². The van der Waals surface area contributed by atoms with Crippen LogP contribution < -0.4 is 0 Å². The van der Waals surface area contributed by atoms with Crippen LogP contribution in [0, 0.1) is 0 Å². The van der Waals surface area contributed by atoms with E-state index in [2.05, 4.69) is 10.1 Å². The molecule has 0 aliphatic heterocycles. The van der Waals surface area contributed by atoms with E-state index in [4.69, 9.17) is 5.11 Å². The Labute approximate surface area is 77.3 Å². The van der Waals surface area contributed by atoms with E-state index < -0.39 is 5.97 Å². The molecule has 0 saturated heterocycles. The van der Waals surface area contributed by atoms with E-state index >= 15 is 0 Å². The summed E-state index contributed by atoms with van der Waals surface area (Å²) in [5.41, 5.74) is 0.162. The second-order valence-electron chi connectivity index (χ2n) is 2.29. The van der Waals surface area contributed by atoms with Crippen LogP contribution in [-0.2, 0) is 0 Å². The normalized spacial score (nSPS) is 10.2. The van der Waals surface area contributed by atoms with Crippen molar-refractivity contribution in [2.75, 3.05) is 0 Å². The van der Waals surface area contributed by atoms with Crippen molar-refractivity contribution >= 4 is 17.3 Å². The van der Waals surface area contributed by atoms with E-state index in [1.165, 1.54) is 28.4 Å². The first kappa shape index (κ1) is 7.93. The molecular weight excluding hydrogens is 190 g/mol. The molecule has 0 atom stereocenters. The van der Waals surface area contributed by atoms with Gasteiger partial charge in [0, 0.05) is 17.8 Å². The maximum absolute atomic E-state index is 10.5. The zero-order valence-corrected chi connectivity index (χ0v) is 7.23. The Kier molecular flexibility index (Phi) is 1.82. The second-order valence-corrected chi connectivity index (χ2v) is 3.17. The first-order chi connectivity index (χ1) is 6.27. The first-order valence-corrected chi connectivity index (χ1v) is 4.33. The number of carboxylic acid groups (broad SMARTS) is 1. The van der Waals surface area contributed by atoms with Crippen LogP contribution >= 0.6 is 11.3 Å². The Morgan fingerprint density at radius 3 is 3.00 bits per heavy atom. The third-order valence-electron chi connectivity index (χ3n) is 1.44. The third-order valence-corrected chi connectivity index (χ3v) is 2.21. The van der Waals surface area contributed by atoms with Crippen molar-refractivity contribution < 1.29 is 9.90 Å². The van der Waals surface area contributed by atoms with Crippen molar-refractivity contribution in [2.24, 2.45) is 0 Å². The van der Waals surface area contributed by atoms with E-state index in [-0.39, 0.29) is 5.56 Å². The van der Waals surface area contributed by atoms with Gasteiger partial charge in [0.25, 0.3) is 0 Å². The topological polar surface area (TPSA) is 68.0 Å². The molecule has 0 unspecified atom stereocenters.